The number of carbonyl (C=O) groups is 1. The predicted molar refractivity (Wildman–Crippen MR) is 153 cm³/mol. The Morgan fingerprint density at radius 1 is 1.05 bits per heavy atom. The van der Waals surface area contributed by atoms with Gasteiger partial charge in [-0.25, -0.2) is 9.37 Å². The molecular weight excluding hydrogens is 569 g/mol. The van der Waals surface area contributed by atoms with Crippen molar-refractivity contribution in [1.29, 1.82) is 0 Å². The Morgan fingerprint density at radius 3 is 2.45 bits per heavy atom. The van der Waals surface area contributed by atoms with Gasteiger partial charge >= 0.3 is 0 Å². The average Bonchev–Trinajstić information content (AvgIpc) is 3.66. The van der Waals surface area contributed by atoms with Gasteiger partial charge in [-0.15, -0.1) is 0 Å². The highest BCUT2D eigenvalue weighted by Gasteiger charge is 2.40. The maximum Gasteiger partial charge on any atom is 0.252 e. The zero-order valence-electron chi connectivity index (χ0n) is 23.4. The molecule has 2 aromatic carbocycles. The number of fused-ring (bicyclic) bond motifs is 1. The van der Waals surface area contributed by atoms with E-state index in [-0.39, 0.29) is 12.4 Å². The van der Waals surface area contributed by atoms with Crippen LogP contribution in [0.3, 0.4) is 0 Å². The van der Waals surface area contributed by atoms with Crippen LogP contribution in [0.2, 0.25) is 0 Å². The number of thiazole rings is 1. The number of hydrogen-bond donors (Lipinski definition) is 1. The van der Waals surface area contributed by atoms with Crippen LogP contribution in [-0.4, -0.2) is 70.1 Å². The minimum absolute atomic E-state index is 0.328. The molecule has 4 aromatic rings. The van der Waals surface area contributed by atoms with Crippen LogP contribution < -0.4 is 19.5 Å². The number of amides is 1. The molecule has 0 radical (unpaired) electrons. The van der Waals surface area contributed by atoms with Gasteiger partial charge < -0.3 is 32.9 Å². The molecular formula is C29H28FN3O8S. The maximum atomic E-state index is 13.5. The Bertz CT molecular complexity index is 1630. The maximum absolute atomic E-state index is 13.5. The van der Waals surface area contributed by atoms with Gasteiger partial charge in [-0.05, 0) is 48.6 Å². The highest BCUT2D eigenvalue weighted by atomic mass is 32.1. The molecule has 2 heterocycles. The molecule has 11 nitrogen and oxygen atoms in total. The first-order valence-corrected chi connectivity index (χ1v) is 13.4. The van der Waals surface area contributed by atoms with E-state index in [2.05, 4.69) is 15.5 Å². The third-order valence-corrected chi connectivity index (χ3v) is 7.54. The van der Waals surface area contributed by atoms with Crippen molar-refractivity contribution in [3.05, 3.63) is 66.2 Å². The number of carbonyl (C=O) groups excluding carboxylic acids is 1. The van der Waals surface area contributed by atoms with Crippen molar-refractivity contribution in [1.82, 2.24) is 10.1 Å². The summed E-state index contributed by atoms with van der Waals surface area (Å²) in [5, 5.41) is 7.23. The summed E-state index contributed by atoms with van der Waals surface area (Å²) in [4.78, 5) is 17.0. The Balaban J connectivity index is 1.35. The molecule has 1 amide bonds. The fraction of sp³-hybridized carbons (Fsp3) is 0.276. The first kappa shape index (κ1) is 29.2. The highest BCUT2D eigenvalue weighted by molar-refractivity contribution is 7.22. The molecule has 1 aliphatic rings. The van der Waals surface area contributed by atoms with Gasteiger partial charge in [-0.3, -0.25) is 10.1 Å². The highest BCUT2D eigenvalue weighted by Crippen LogP contribution is 2.41. The van der Waals surface area contributed by atoms with Crippen LogP contribution >= 0.6 is 11.3 Å². The minimum atomic E-state index is -1.29. The van der Waals surface area contributed by atoms with Crippen LogP contribution in [0, 0.1) is 5.82 Å². The molecule has 0 spiro atoms. The van der Waals surface area contributed by atoms with Gasteiger partial charge in [-0.1, -0.05) is 16.5 Å². The van der Waals surface area contributed by atoms with Gasteiger partial charge in [0.15, 0.2) is 22.4 Å². The van der Waals surface area contributed by atoms with Gasteiger partial charge in [0, 0.05) is 31.4 Å². The van der Waals surface area contributed by atoms with E-state index < -0.39 is 17.8 Å². The summed E-state index contributed by atoms with van der Waals surface area (Å²) in [6.07, 6.45) is 4.32. The van der Waals surface area contributed by atoms with E-state index in [1.54, 1.807) is 42.5 Å². The molecule has 0 bridgehead atoms. The van der Waals surface area contributed by atoms with E-state index in [9.17, 15) is 9.18 Å². The summed E-state index contributed by atoms with van der Waals surface area (Å²) in [5.74, 6) is -0.276. The zero-order chi connectivity index (χ0) is 29.9. The number of benzene rings is 2. The Kier molecular flexibility index (Phi) is 8.54. The fourth-order valence-corrected chi connectivity index (χ4v) is 5.37. The molecule has 13 heteroatoms. The lowest BCUT2D eigenvalue weighted by molar-refractivity contribution is -0.225. The molecule has 0 aliphatic heterocycles. The number of ether oxygens (including phenoxy) is 6. The van der Waals surface area contributed by atoms with E-state index in [0.29, 0.717) is 55.2 Å². The number of halogens is 1. The Labute approximate surface area is 244 Å². The first-order valence-electron chi connectivity index (χ1n) is 12.6. The van der Waals surface area contributed by atoms with Gasteiger partial charge in [0.1, 0.15) is 24.2 Å². The number of anilines is 1. The van der Waals surface area contributed by atoms with Gasteiger partial charge in [0.25, 0.3) is 5.91 Å². The normalized spacial score (nSPS) is 15.9. The van der Waals surface area contributed by atoms with Crippen molar-refractivity contribution >= 4 is 38.2 Å². The van der Waals surface area contributed by atoms with Crippen LogP contribution in [0.1, 0.15) is 5.76 Å². The minimum Gasteiger partial charge on any atom is -0.493 e. The monoisotopic (exact) mass is 597 g/mol. The molecule has 2 aromatic heterocycles. The average molecular weight is 598 g/mol. The van der Waals surface area contributed by atoms with Crippen LogP contribution in [0.25, 0.3) is 27.0 Å². The number of nitrogens with zero attached hydrogens (tertiary/aromatic N) is 2. The molecule has 0 saturated heterocycles. The molecule has 0 fully saturated rings. The molecule has 42 heavy (non-hydrogen) atoms. The number of aromatic nitrogens is 2. The standard InChI is InChI=1S/C29H28FN3O8S/c1-35-22-10-17(11-23(36-2)27(22)37-3)20-14-21(41-33-20)16-8-9-29(38-4,39-5)25(12-16)40-15-26(34)32-28-31-19-7-6-18(30)13-24(19)42-28/h6-14,25H,15H2,1-5H3,(H,31,32,34). The fourth-order valence-electron chi connectivity index (χ4n) is 4.46. The van der Waals surface area contributed by atoms with E-state index in [1.165, 1.54) is 47.7 Å². The third kappa shape index (κ3) is 5.72. The number of hydrogen-bond acceptors (Lipinski definition) is 11. The lowest BCUT2D eigenvalue weighted by Gasteiger charge is -2.36. The van der Waals surface area contributed by atoms with Crippen molar-refractivity contribution in [3.8, 4) is 28.5 Å². The summed E-state index contributed by atoms with van der Waals surface area (Å²) in [5.41, 5.74) is 2.43. The molecule has 1 unspecified atom stereocenters. The lowest BCUT2D eigenvalue weighted by atomic mass is 9.96. The SMILES string of the molecule is COc1cc(-c2cc(C3=CC(OCC(=O)Nc4nc5ccc(F)cc5s4)C(OC)(OC)C=C3)on2)cc(OC)c1OC. The quantitative estimate of drug-likeness (QED) is 0.234. The topological polar surface area (TPSA) is 123 Å². The molecule has 1 aliphatic carbocycles. The van der Waals surface area contributed by atoms with Crippen LogP contribution in [-0.2, 0) is 19.0 Å². The van der Waals surface area contributed by atoms with Crippen molar-refractivity contribution in [2.24, 2.45) is 0 Å². The second-order valence-corrected chi connectivity index (χ2v) is 10.0. The second kappa shape index (κ2) is 12.3. The first-order chi connectivity index (χ1) is 20.3. The molecule has 220 valence electrons. The third-order valence-electron chi connectivity index (χ3n) is 6.61. The number of nitrogens with one attached hydrogen (secondary N) is 1. The van der Waals surface area contributed by atoms with E-state index in [4.69, 9.17) is 32.9 Å². The van der Waals surface area contributed by atoms with Crippen molar-refractivity contribution in [3.63, 3.8) is 0 Å². The van der Waals surface area contributed by atoms with E-state index in [0.717, 1.165) is 11.3 Å². The van der Waals surface area contributed by atoms with E-state index in [1.807, 2.05) is 0 Å². The van der Waals surface area contributed by atoms with Gasteiger partial charge in [0.2, 0.25) is 11.5 Å². The van der Waals surface area contributed by atoms with Gasteiger partial charge in [-0.2, -0.15) is 0 Å². The van der Waals surface area contributed by atoms with E-state index >= 15 is 0 Å². The Morgan fingerprint density at radius 2 is 1.79 bits per heavy atom. The lowest BCUT2D eigenvalue weighted by Crippen LogP contribution is -2.47. The molecule has 5 rings (SSSR count). The van der Waals surface area contributed by atoms with Crippen molar-refractivity contribution in [2.45, 2.75) is 11.9 Å². The number of allylic oxidation sites excluding steroid dienone is 2. The second-order valence-electron chi connectivity index (χ2n) is 8.99. The zero-order valence-corrected chi connectivity index (χ0v) is 24.2. The summed E-state index contributed by atoms with van der Waals surface area (Å²) >= 11 is 1.16. The summed E-state index contributed by atoms with van der Waals surface area (Å²) in [6.45, 7) is -0.339. The van der Waals surface area contributed by atoms with Crippen LogP contribution in [0.15, 0.2) is 59.1 Å². The summed E-state index contributed by atoms with van der Waals surface area (Å²) in [7, 11) is 7.54. The van der Waals surface area contributed by atoms with Crippen LogP contribution in [0.5, 0.6) is 17.2 Å². The summed E-state index contributed by atoms with van der Waals surface area (Å²) in [6, 6.07) is 9.51. The van der Waals surface area contributed by atoms with Gasteiger partial charge in [0.05, 0.1) is 31.5 Å². The Hall–Kier alpha value is -4.30. The van der Waals surface area contributed by atoms with Crippen molar-refractivity contribution in [2.75, 3.05) is 47.5 Å². The smallest absolute Gasteiger partial charge is 0.252 e. The number of rotatable bonds is 11. The summed E-state index contributed by atoms with van der Waals surface area (Å²) < 4.78 is 53.3. The number of methoxy groups -OCH3 is 5. The molecule has 1 N–H and O–H groups in total. The predicted octanol–water partition coefficient (Wildman–Crippen LogP) is 5.08. The molecule has 0 saturated carbocycles. The molecule has 1 atom stereocenters. The largest absolute Gasteiger partial charge is 0.493 e. The van der Waals surface area contributed by atoms with Crippen LogP contribution in [0.4, 0.5) is 9.52 Å². The van der Waals surface area contributed by atoms with Crippen molar-refractivity contribution < 1.29 is 42.1 Å².